The normalized spacial score (nSPS) is 30.7. The number of amides is 1. The Morgan fingerprint density at radius 3 is 2.29 bits per heavy atom. The monoisotopic (exact) mass is 321 g/mol. The molecule has 3 atom stereocenters. The Kier molecular flexibility index (Phi) is 5.45. The zero-order valence-corrected chi connectivity index (χ0v) is 14.8. The Morgan fingerprint density at radius 2 is 1.76 bits per heavy atom. The standard InChI is InChI=1S/C9H11.C6H10.C2H4.CH3NO.Ti/c1-2-5-9-7-3-6-8(9)4-1;1-5(2)6(3)4;1-2;2-1-3;/h1-2,4-6,8-9H,3,7H2;1,3H2,2,4H3;1-2H2;1H,(H2,2,3);/q;;;;+1/p-1. The van der Waals surface area contributed by atoms with E-state index in [-0.39, 0.29) is 0 Å². The molecule has 3 heteroatoms. The van der Waals surface area contributed by atoms with E-state index in [0.29, 0.717) is 0 Å². The molecular formula is C18H27NOTi. The average molecular weight is 321 g/mol. The second-order valence-corrected chi connectivity index (χ2v) is 13.5. The van der Waals surface area contributed by atoms with Crippen molar-refractivity contribution in [1.82, 2.24) is 3.80 Å². The van der Waals surface area contributed by atoms with Crippen molar-refractivity contribution in [3.05, 3.63) is 48.6 Å². The van der Waals surface area contributed by atoms with Crippen LogP contribution in [0.3, 0.4) is 0 Å². The minimum atomic E-state index is -1.85. The van der Waals surface area contributed by atoms with E-state index in [0.717, 1.165) is 33.6 Å². The van der Waals surface area contributed by atoms with Crippen molar-refractivity contribution in [2.75, 3.05) is 0 Å². The van der Waals surface area contributed by atoms with Gasteiger partial charge in [0, 0.05) is 0 Å². The number of nitrogens with one attached hydrogen (secondary N) is 1. The van der Waals surface area contributed by atoms with Gasteiger partial charge in [0.1, 0.15) is 0 Å². The summed E-state index contributed by atoms with van der Waals surface area (Å²) in [7, 11) is 0. The van der Waals surface area contributed by atoms with Crippen LogP contribution < -0.4 is 3.80 Å². The van der Waals surface area contributed by atoms with Gasteiger partial charge in [-0.3, -0.25) is 0 Å². The Hall–Kier alpha value is -0.856. The molecule has 1 saturated carbocycles. The molecule has 1 heterocycles. The molecule has 21 heavy (non-hydrogen) atoms. The third-order valence-electron chi connectivity index (χ3n) is 5.15. The Morgan fingerprint density at radius 1 is 1.14 bits per heavy atom. The Labute approximate surface area is 132 Å². The first-order valence-corrected chi connectivity index (χ1v) is 11.8. The second-order valence-electron chi connectivity index (χ2n) is 6.67. The van der Waals surface area contributed by atoms with E-state index in [2.05, 4.69) is 41.3 Å². The molecule has 0 aromatic heterocycles. The Balaban J connectivity index is 0.000000232. The third kappa shape index (κ3) is 3.87. The first-order valence-electron chi connectivity index (χ1n) is 7.88. The first kappa shape index (κ1) is 16.5. The van der Waals surface area contributed by atoms with Gasteiger partial charge < -0.3 is 0 Å². The first-order chi connectivity index (χ1) is 10.00. The second kappa shape index (κ2) is 6.94. The molecule has 0 aromatic carbocycles. The number of fused-ring (bicyclic) bond motifs is 1. The number of allylic oxidation sites excluding steroid dienone is 6. The molecule has 2 nitrogen and oxygen atoms in total. The molecule has 114 valence electrons. The predicted octanol–water partition coefficient (Wildman–Crippen LogP) is 4.73. The van der Waals surface area contributed by atoms with Gasteiger partial charge in [0.15, 0.2) is 0 Å². The number of carbonyl (C=O) groups excluding carboxylic acids is 1. The van der Waals surface area contributed by atoms with Gasteiger partial charge >= 0.3 is 94.5 Å². The van der Waals surface area contributed by atoms with E-state index < -0.39 is 16.8 Å². The van der Waals surface area contributed by atoms with Crippen molar-refractivity contribution < 1.29 is 21.6 Å². The van der Waals surface area contributed by atoms with Gasteiger partial charge in [-0.2, -0.15) is 0 Å². The third-order valence-corrected chi connectivity index (χ3v) is 12.0. The summed E-state index contributed by atoms with van der Waals surface area (Å²) < 4.78 is 6.85. The van der Waals surface area contributed by atoms with Crippen LogP contribution >= 0.6 is 0 Å². The van der Waals surface area contributed by atoms with E-state index >= 15 is 0 Å². The molecular weight excluding hydrogens is 294 g/mol. The molecule has 0 bridgehead atoms. The fraction of sp³-hybridized carbons (Fsp3) is 0.500. The van der Waals surface area contributed by atoms with Gasteiger partial charge in [0.05, 0.1) is 0 Å². The van der Waals surface area contributed by atoms with Crippen LogP contribution in [0, 0.1) is 11.8 Å². The van der Waals surface area contributed by atoms with Gasteiger partial charge in [0.2, 0.25) is 0 Å². The van der Waals surface area contributed by atoms with E-state index in [4.69, 9.17) is 0 Å². The summed E-state index contributed by atoms with van der Waals surface area (Å²) in [5.41, 5.74) is 2.13. The zero-order valence-electron chi connectivity index (χ0n) is 13.3. The van der Waals surface area contributed by atoms with Crippen LogP contribution in [-0.4, -0.2) is 6.41 Å². The number of carbonyl (C=O) groups is 1. The number of hydrogen-bond acceptors (Lipinski definition) is 1. The van der Waals surface area contributed by atoms with Crippen LogP contribution in [0.25, 0.3) is 0 Å². The molecule has 2 aliphatic carbocycles. The summed E-state index contributed by atoms with van der Waals surface area (Å²) >= 11 is -1.85. The molecule has 1 amide bonds. The SMILES string of the molecule is C=C(C)C(=C)C.O=C[NH][Ti]1([CH]2CCC3C=CC=CC32)[CH2][CH2]1. The van der Waals surface area contributed by atoms with Crippen molar-refractivity contribution >= 4 is 6.41 Å². The average Bonchev–Trinajstić information content (AvgIpc) is 3.10. The van der Waals surface area contributed by atoms with Crippen LogP contribution in [-0.2, 0) is 21.6 Å². The quantitative estimate of drug-likeness (QED) is 0.453. The summed E-state index contributed by atoms with van der Waals surface area (Å²) in [4.78, 5) is 10.7. The molecule has 1 N–H and O–H groups in total. The van der Waals surface area contributed by atoms with E-state index in [1.54, 1.807) is 0 Å². The van der Waals surface area contributed by atoms with Gasteiger partial charge in [-0.05, 0) is 13.8 Å². The van der Waals surface area contributed by atoms with Crippen molar-refractivity contribution in [2.24, 2.45) is 11.8 Å². The summed E-state index contributed by atoms with van der Waals surface area (Å²) in [6.45, 7) is 11.2. The summed E-state index contributed by atoms with van der Waals surface area (Å²) in [6, 6.07) is 0. The van der Waals surface area contributed by atoms with Gasteiger partial charge in [-0.25, -0.2) is 0 Å². The van der Waals surface area contributed by atoms with Crippen LogP contribution in [0.5, 0.6) is 0 Å². The van der Waals surface area contributed by atoms with Crippen molar-refractivity contribution in [3.63, 3.8) is 0 Å². The minimum absolute atomic E-state index is 0.755. The fourth-order valence-electron chi connectivity index (χ4n) is 3.47. The molecule has 2 fully saturated rings. The van der Waals surface area contributed by atoms with Gasteiger partial charge in [-0.15, -0.1) is 0 Å². The van der Waals surface area contributed by atoms with Gasteiger partial charge in [-0.1, -0.05) is 24.3 Å². The molecule has 1 aliphatic heterocycles. The van der Waals surface area contributed by atoms with Crippen LogP contribution in [0.15, 0.2) is 48.6 Å². The molecule has 0 radical (unpaired) electrons. The van der Waals surface area contributed by atoms with Crippen LogP contribution in [0.4, 0.5) is 0 Å². The maximum absolute atomic E-state index is 10.7. The molecule has 3 aliphatic rings. The van der Waals surface area contributed by atoms with E-state index in [9.17, 15) is 4.79 Å². The van der Waals surface area contributed by atoms with Crippen molar-refractivity contribution in [2.45, 2.75) is 40.4 Å². The van der Waals surface area contributed by atoms with E-state index in [1.807, 2.05) is 13.8 Å². The zero-order chi connectivity index (χ0) is 15.5. The maximum atomic E-state index is 10.7. The Bertz CT molecular complexity index is 475. The molecule has 1 saturated heterocycles. The molecule has 3 rings (SSSR count). The summed E-state index contributed by atoms with van der Waals surface area (Å²) in [5, 5.41) is 0. The van der Waals surface area contributed by atoms with E-state index in [1.165, 1.54) is 22.3 Å². The predicted molar refractivity (Wildman–Crippen MR) is 86.7 cm³/mol. The summed E-state index contributed by atoms with van der Waals surface area (Å²) in [5.74, 6) is 1.53. The van der Waals surface area contributed by atoms with Crippen LogP contribution in [0.2, 0.25) is 13.7 Å². The van der Waals surface area contributed by atoms with Crippen molar-refractivity contribution in [3.8, 4) is 0 Å². The topological polar surface area (TPSA) is 29.1 Å². The molecule has 0 spiro atoms. The molecule has 0 aromatic rings. The van der Waals surface area contributed by atoms with Gasteiger partial charge in [0.25, 0.3) is 0 Å². The van der Waals surface area contributed by atoms with Crippen molar-refractivity contribution in [1.29, 1.82) is 0 Å². The summed E-state index contributed by atoms with van der Waals surface area (Å²) in [6.07, 6.45) is 12.8. The fourth-order valence-corrected chi connectivity index (χ4v) is 10.8. The van der Waals surface area contributed by atoms with Crippen LogP contribution in [0.1, 0.15) is 26.7 Å². The number of rotatable bonds is 4. The number of hydrogen-bond donors (Lipinski definition) is 1. The molecule has 3 unspecified atom stereocenters.